The van der Waals surface area contributed by atoms with Crippen molar-refractivity contribution in [1.82, 2.24) is 24.8 Å². The molecule has 3 heterocycles. The van der Waals surface area contributed by atoms with E-state index in [0.717, 1.165) is 0 Å². The van der Waals surface area contributed by atoms with Crippen LogP contribution >= 0.6 is 0 Å². The molecule has 0 bridgehead atoms. The maximum absolute atomic E-state index is 14.5. The minimum absolute atomic E-state index is 0.0214. The molecule has 1 atom stereocenters. The number of H-pyrrole nitrogens is 1. The highest BCUT2D eigenvalue weighted by atomic mass is 19.1. The summed E-state index contributed by atoms with van der Waals surface area (Å²) in [6.45, 7) is 5.86. The number of aromatic nitrogens is 3. The van der Waals surface area contributed by atoms with Gasteiger partial charge in [-0.15, -0.1) is 0 Å². The summed E-state index contributed by atoms with van der Waals surface area (Å²) in [5.41, 5.74) is 2.46. The highest BCUT2D eigenvalue weighted by Crippen LogP contribution is 2.23. The lowest BCUT2D eigenvalue weighted by Crippen LogP contribution is -2.44. The molecule has 0 aromatic carbocycles. The summed E-state index contributed by atoms with van der Waals surface area (Å²) in [4.78, 5) is 58.0. The molecule has 3 amide bonds. The third-order valence-electron chi connectivity index (χ3n) is 6.29. The van der Waals surface area contributed by atoms with Crippen molar-refractivity contribution in [3.05, 3.63) is 69.7 Å². The number of carbonyl (C=O) groups excluding carboxylic acids is 2. The maximum Gasteiger partial charge on any atom is 0.405 e. The Kier molecular flexibility index (Phi) is 9.81. The molecule has 11 nitrogen and oxygen atoms in total. The van der Waals surface area contributed by atoms with Gasteiger partial charge in [0.1, 0.15) is 17.5 Å². The molecule has 40 heavy (non-hydrogen) atoms. The van der Waals surface area contributed by atoms with E-state index in [1.54, 1.807) is 39.2 Å². The van der Waals surface area contributed by atoms with Gasteiger partial charge >= 0.3 is 6.09 Å². The Morgan fingerprint density at radius 2 is 1.98 bits per heavy atom. The zero-order chi connectivity index (χ0) is 29.6. The first kappa shape index (κ1) is 30.1. The lowest BCUT2D eigenvalue weighted by Gasteiger charge is -2.17. The second kappa shape index (κ2) is 13.0. The van der Waals surface area contributed by atoms with E-state index in [1.165, 1.54) is 27.8 Å². The Labute approximate surface area is 231 Å². The van der Waals surface area contributed by atoms with Crippen molar-refractivity contribution in [1.29, 1.82) is 0 Å². The normalized spacial score (nSPS) is 12.2. The molecular formula is C28H35FN6O5. The average Bonchev–Trinajstić information content (AvgIpc) is 3.29. The van der Waals surface area contributed by atoms with Crippen molar-refractivity contribution < 1.29 is 23.9 Å². The number of hydrogen-bond acceptors (Lipinski definition) is 5. The van der Waals surface area contributed by atoms with Crippen molar-refractivity contribution >= 4 is 34.6 Å². The predicted molar refractivity (Wildman–Crippen MR) is 150 cm³/mol. The molecular weight excluding hydrogens is 519 g/mol. The molecule has 0 spiro atoms. The lowest BCUT2D eigenvalue weighted by atomic mass is 10.0. The van der Waals surface area contributed by atoms with Crippen LogP contribution in [0.3, 0.4) is 0 Å². The van der Waals surface area contributed by atoms with Crippen LogP contribution in [0.5, 0.6) is 0 Å². The lowest BCUT2D eigenvalue weighted by molar-refractivity contribution is -0.123. The smallest absolute Gasteiger partial charge is 0.405 e. The summed E-state index contributed by atoms with van der Waals surface area (Å²) in [5, 5.41) is 13.9. The van der Waals surface area contributed by atoms with Gasteiger partial charge in [-0.25, -0.2) is 9.18 Å². The number of carbonyl (C=O) groups is 3. The van der Waals surface area contributed by atoms with Crippen molar-refractivity contribution in [2.45, 2.75) is 52.6 Å². The first-order valence-electron chi connectivity index (χ1n) is 12.9. The van der Waals surface area contributed by atoms with Gasteiger partial charge in [-0.1, -0.05) is 19.9 Å². The topological polar surface area (TPSA) is 149 Å². The van der Waals surface area contributed by atoms with E-state index in [2.05, 4.69) is 20.6 Å². The van der Waals surface area contributed by atoms with Crippen LogP contribution < -0.4 is 16.2 Å². The third kappa shape index (κ3) is 7.55. The minimum Gasteiger partial charge on any atom is -0.465 e. The second-order valence-corrected chi connectivity index (χ2v) is 10.2. The number of aryl methyl sites for hydroxylation is 1. The fraction of sp³-hybridized carbons (Fsp3) is 0.393. The molecule has 0 saturated carbocycles. The molecule has 3 aromatic rings. The number of rotatable bonds is 11. The zero-order valence-corrected chi connectivity index (χ0v) is 23.2. The van der Waals surface area contributed by atoms with Gasteiger partial charge in [-0.3, -0.25) is 19.4 Å². The number of nitrogens with zero attached hydrogens (tertiary/aromatic N) is 3. The van der Waals surface area contributed by atoms with Crippen LogP contribution in [0.2, 0.25) is 0 Å². The van der Waals surface area contributed by atoms with E-state index in [4.69, 9.17) is 0 Å². The van der Waals surface area contributed by atoms with Gasteiger partial charge in [0.05, 0.1) is 23.8 Å². The van der Waals surface area contributed by atoms with E-state index in [0.29, 0.717) is 34.4 Å². The summed E-state index contributed by atoms with van der Waals surface area (Å²) < 4.78 is 15.9. The van der Waals surface area contributed by atoms with Gasteiger partial charge in [0.15, 0.2) is 0 Å². The molecule has 0 unspecified atom stereocenters. The molecule has 0 aliphatic rings. The van der Waals surface area contributed by atoms with Gasteiger partial charge in [-0.2, -0.15) is 0 Å². The van der Waals surface area contributed by atoms with Crippen molar-refractivity contribution in [2.24, 2.45) is 5.92 Å². The summed E-state index contributed by atoms with van der Waals surface area (Å²) in [5.74, 6) is -1.10. The van der Waals surface area contributed by atoms with Crippen molar-refractivity contribution in [3.8, 4) is 0 Å². The van der Waals surface area contributed by atoms with Crippen molar-refractivity contribution in [3.63, 3.8) is 0 Å². The van der Waals surface area contributed by atoms with Gasteiger partial charge in [-0.05, 0) is 56.4 Å². The number of carboxylic acid groups (broad SMARTS) is 1. The molecule has 0 radical (unpaired) electrons. The quantitative estimate of drug-likeness (QED) is 0.267. The van der Waals surface area contributed by atoms with E-state index in [-0.39, 0.29) is 36.9 Å². The van der Waals surface area contributed by atoms with E-state index in [1.807, 2.05) is 13.8 Å². The zero-order valence-electron chi connectivity index (χ0n) is 23.2. The molecule has 214 valence electrons. The van der Waals surface area contributed by atoms with Crippen LogP contribution in [-0.4, -0.2) is 62.6 Å². The average molecular weight is 555 g/mol. The Hall–Kier alpha value is -4.48. The van der Waals surface area contributed by atoms with Crippen molar-refractivity contribution in [2.75, 3.05) is 19.4 Å². The number of halogens is 1. The molecule has 0 aliphatic heterocycles. The van der Waals surface area contributed by atoms with Crippen LogP contribution in [0.1, 0.15) is 43.6 Å². The van der Waals surface area contributed by atoms with Crippen LogP contribution in [-0.2, 0) is 22.6 Å². The Morgan fingerprint density at radius 1 is 1.25 bits per heavy atom. The molecule has 3 rings (SSSR count). The Bertz CT molecular complexity index is 1490. The molecule has 0 aliphatic carbocycles. The van der Waals surface area contributed by atoms with Gasteiger partial charge < -0.3 is 30.2 Å². The van der Waals surface area contributed by atoms with E-state index >= 15 is 0 Å². The molecule has 3 aromatic heterocycles. The van der Waals surface area contributed by atoms with Gasteiger partial charge in [0.25, 0.3) is 5.56 Å². The van der Waals surface area contributed by atoms with Crippen LogP contribution in [0.15, 0.2) is 41.3 Å². The number of amides is 3. The number of hydrogen-bond donors (Lipinski definition) is 4. The number of nitrogens with one attached hydrogen (secondary N) is 3. The summed E-state index contributed by atoms with van der Waals surface area (Å²) in [6, 6.07) is 3.73. The fourth-order valence-electron chi connectivity index (χ4n) is 4.21. The first-order chi connectivity index (χ1) is 18.9. The van der Waals surface area contributed by atoms with E-state index < -0.39 is 29.4 Å². The number of aromatic amines is 1. The van der Waals surface area contributed by atoms with E-state index in [9.17, 15) is 28.7 Å². The van der Waals surface area contributed by atoms with Crippen LogP contribution in [0.4, 0.5) is 14.9 Å². The number of allylic oxidation sites excluding steroid dienone is 1. The Morgan fingerprint density at radius 3 is 2.62 bits per heavy atom. The fourth-order valence-corrected chi connectivity index (χ4v) is 4.21. The highest BCUT2D eigenvalue weighted by molar-refractivity contribution is 5.96. The summed E-state index contributed by atoms with van der Waals surface area (Å²) in [6.07, 6.45) is 3.56. The molecule has 4 N–H and O–H groups in total. The molecule has 12 heteroatoms. The van der Waals surface area contributed by atoms with Crippen LogP contribution in [0, 0.1) is 18.7 Å². The number of anilines is 1. The summed E-state index contributed by atoms with van der Waals surface area (Å²) >= 11 is 0. The van der Waals surface area contributed by atoms with Crippen LogP contribution in [0.25, 0.3) is 11.0 Å². The first-order valence-corrected chi connectivity index (χ1v) is 12.9. The third-order valence-corrected chi connectivity index (χ3v) is 6.29. The second-order valence-electron chi connectivity index (χ2n) is 10.2. The molecule has 0 saturated heterocycles. The SMILES string of the molecule is Cc1ccc(NC(=O)[C@H](CC/C=C/C(=O)N(C)C)NC(=O)O)c(=O)n1Cc1cc2ncc(F)c(CC(C)C)c2[nH]1. The van der Waals surface area contributed by atoms with Gasteiger partial charge in [0.2, 0.25) is 11.8 Å². The maximum atomic E-state index is 14.5. The molecule has 0 fully saturated rings. The number of pyridine rings is 2. The monoisotopic (exact) mass is 554 g/mol. The predicted octanol–water partition coefficient (Wildman–Crippen LogP) is 3.42. The minimum atomic E-state index is -1.39. The standard InChI is InChI=1S/C28H35FN6O5/c1-16(2)12-19-20(29)14-30-23-13-18(31-25(19)23)15-35-17(3)10-11-22(27(35)38)32-26(37)21(33-28(39)40)8-6-7-9-24(36)34(4)5/h7,9-11,13-14,16,21,31,33H,6,8,12,15H2,1-5H3,(H,32,37)(H,39,40)/b9-7+/t21-/m0/s1. The summed E-state index contributed by atoms with van der Waals surface area (Å²) in [7, 11) is 3.20. The largest absolute Gasteiger partial charge is 0.465 e. The number of fused-ring (bicyclic) bond motifs is 1. The Balaban J connectivity index is 1.82. The number of likely N-dealkylation sites (N-methyl/N-ethyl adjacent to an activating group) is 1. The highest BCUT2D eigenvalue weighted by Gasteiger charge is 2.22. The van der Waals surface area contributed by atoms with Gasteiger partial charge in [0, 0.05) is 31.0 Å².